The molecule has 0 spiro atoms. The van der Waals surface area contributed by atoms with E-state index in [1.54, 1.807) is 25.3 Å². The normalized spacial score (nSPS) is 13.4. The van der Waals surface area contributed by atoms with Crippen LogP contribution in [0, 0.1) is 11.2 Å². The average molecular weight is 582 g/mol. The van der Waals surface area contributed by atoms with E-state index in [0.29, 0.717) is 54.2 Å². The highest BCUT2D eigenvalue weighted by Gasteiger charge is 2.56. The Hall–Kier alpha value is -4.55. The number of fused-ring (bicyclic) bond motifs is 1. The smallest absolute Gasteiger partial charge is 0.257 e. The number of pyridine rings is 1. The van der Waals surface area contributed by atoms with Crippen molar-refractivity contribution < 1.29 is 32.9 Å². The topological polar surface area (TPSA) is 134 Å². The zero-order valence-electron chi connectivity index (χ0n) is 22.1. The number of halogens is 2. The zero-order valence-corrected chi connectivity index (χ0v) is 22.8. The highest BCUT2D eigenvalue weighted by Crippen LogP contribution is 2.48. The minimum atomic E-state index is -1.22. The van der Waals surface area contributed by atoms with E-state index >= 15 is 0 Å². The van der Waals surface area contributed by atoms with Gasteiger partial charge in [-0.1, -0.05) is 11.6 Å². The van der Waals surface area contributed by atoms with Crippen molar-refractivity contribution in [1.29, 1.82) is 0 Å². The Kier molecular flexibility index (Phi) is 8.13. The number of amides is 2. The number of nitrogens with zero attached hydrogens (tertiary/aromatic N) is 3. The van der Waals surface area contributed by atoms with E-state index in [1.165, 1.54) is 43.8 Å². The monoisotopic (exact) mass is 581 g/mol. The lowest BCUT2D eigenvalue weighted by Crippen LogP contribution is -2.35. The van der Waals surface area contributed by atoms with Crippen LogP contribution in [0.5, 0.6) is 23.3 Å². The van der Waals surface area contributed by atoms with Gasteiger partial charge in [0.05, 0.1) is 18.7 Å². The lowest BCUT2D eigenvalue weighted by Gasteiger charge is -2.16. The van der Waals surface area contributed by atoms with E-state index in [4.69, 9.17) is 30.5 Å². The number of hydrogen-bond acceptors (Lipinski definition) is 9. The molecule has 1 saturated carbocycles. The van der Waals surface area contributed by atoms with Gasteiger partial charge in [0.15, 0.2) is 11.3 Å². The summed E-state index contributed by atoms with van der Waals surface area (Å²) in [5.41, 5.74) is 0.335. The molecule has 0 unspecified atom stereocenters. The Labute approximate surface area is 239 Å². The molecular formula is C28H25ClFN5O6. The standard InChI is InChI=1S/C28H25ClFN5O6/c1-38-11-12-40-22-14-20-23(35-24(22)39-2)25(32-15-31-20)41-21-8-7-18(13-19(21)29)34-27(37)28(9-10-28)26(36)33-17-5-3-16(30)4-6-17/h3-8,13-15H,9-12H2,1-2H3,(H,33,36)(H,34,37). The van der Waals surface area contributed by atoms with E-state index in [2.05, 4.69) is 25.6 Å². The summed E-state index contributed by atoms with van der Waals surface area (Å²) in [5.74, 6) is -0.366. The molecule has 11 nitrogen and oxygen atoms in total. The predicted molar refractivity (Wildman–Crippen MR) is 148 cm³/mol. The maximum absolute atomic E-state index is 13.2. The predicted octanol–water partition coefficient (Wildman–Crippen LogP) is 5.00. The molecule has 5 rings (SSSR count). The first-order valence-corrected chi connectivity index (χ1v) is 12.9. The van der Waals surface area contributed by atoms with Gasteiger partial charge < -0.3 is 29.6 Å². The van der Waals surface area contributed by atoms with Crippen LogP contribution in [0.4, 0.5) is 15.8 Å². The number of carbonyl (C=O) groups is 2. The van der Waals surface area contributed by atoms with Crippen molar-refractivity contribution >= 4 is 45.8 Å². The van der Waals surface area contributed by atoms with Crippen LogP contribution in [0.15, 0.2) is 54.9 Å². The highest BCUT2D eigenvalue weighted by atomic mass is 35.5. The van der Waals surface area contributed by atoms with E-state index in [1.807, 2.05) is 0 Å². The van der Waals surface area contributed by atoms with E-state index in [0.717, 1.165) is 0 Å². The minimum absolute atomic E-state index is 0.129. The number of methoxy groups -OCH3 is 2. The molecule has 2 heterocycles. The Morgan fingerprint density at radius 1 is 0.927 bits per heavy atom. The van der Waals surface area contributed by atoms with Gasteiger partial charge in [-0.3, -0.25) is 9.59 Å². The maximum atomic E-state index is 13.2. The number of benzene rings is 2. The number of aromatic nitrogens is 3. The Morgan fingerprint density at radius 3 is 2.29 bits per heavy atom. The maximum Gasteiger partial charge on any atom is 0.257 e. The van der Waals surface area contributed by atoms with Gasteiger partial charge in [0.2, 0.25) is 17.7 Å². The quantitative estimate of drug-likeness (QED) is 0.185. The molecule has 2 aromatic heterocycles. The molecule has 0 atom stereocenters. The molecule has 212 valence electrons. The van der Waals surface area contributed by atoms with Crippen molar-refractivity contribution in [3.63, 3.8) is 0 Å². The Balaban J connectivity index is 1.29. The average Bonchev–Trinajstić information content (AvgIpc) is 3.78. The van der Waals surface area contributed by atoms with Crippen molar-refractivity contribution in [2.75, 3.05) is 38.1 Å². The van der Waals surface area contributed by atoms with Gasteiger partial charge >= 0.3 is 0 Å². The zero-order chi connectivity index (χ0) is 29.0. The van der Waals surface area contributed by atoms with Gasteiger partial charge in [-0.25, -0.2) is 14.4 Å². The molecule has 4 aromatic rings. The van der Waals surface area contributed by atoms with E-state index in [9.17, 15) is 14.0 Å². The third kappa shape index (κ3) is 6.13. The summed E-state index contributed by atoms with van der Waals surface area (Å²) in [7, 11) is 3.03. The summed E-state index contributed by atoms with van der Waals surface area (Å²) < 4.78 is 35.1. The van der Waals surface area contributed by atoms with Gasteiger partial charge in [0.25, 0.3) is 5.88 Å². The summed E-state index contributed by atoms with van der Waals surface area (Å²) >= 11 is 6.47. The van der Waals surface area contributed by atoms with Crippen molar-refractivity contribution in [2.45, 2.75) is 12.8 Å². The second-order valence-corrected chi connectivity index (χ2v) is 9.54. The Morgan fingerprint density at radius 2 is 1.63 bits per heavy atom. The van der Waals surface area contributed by atoms with E-state index in [-0.39, 0.29) is 22.5 Å². The summed E-state index contributed by atoms with van der Waals surface area (Å²) in [6.07, 6.45) is 2.09. The number of rotatable bonds is 11. The van der Waals surface area contributed by atoms with Gasteiger partial charge in [-0.15, -0.1) is 0 Å². The summed E-state index contributed by atoms with van der Waals surface area (Å²) in [6, 6.07) is 11.6. The van der Waals surface area contributed by atoms with Crippen LogP contribution < -0.4 is 24.8 Å². The minimum Gasteiger partial charge on any atom is -0.485 e. The lowest BCUT2D eigenvalue weighted by molar-refractivity contribution is -0.131. The number of anilines is 2. The summed E-state index contributed by atoms with van der Waals surface area (Å²) in [4.78, 5) is 38.7. The third-order valence-corrected chi connectivity index (χ3v) is 6.66. The molecule has 0 aliphatic heterocycles. The van der Waals surface area contributed by atoms with Crippen LogP contribution in [0.3, 0.4) is 0 Å². The number of hydrogen-bond donors (Lipinski definition) is 2. The second kappa shape index (κ2) is 11.9. The molecule has 13 heteroatoms. The molecule has 41 heavy (non-hydrogen) atoms. The van der Waals surface area contributed by atoms with Crippen LogP contribution in [-0.2, 0) is 14.3 Å². The Bertz CT molecular complexity index is 1600. The summed E-state index contributed by atoms with van der Waals surface area (Å²) in [5, 5.41) is 5.60. The van der Waals surface area contributed by atoms with Crippen LogP contribution in [0.25, 0.3) is 11.0 Å². The molecule has 1 fully saturated rings. The van der Waals surface area contributed by atoms with Crippen molar-refractivity contribution in [3.8, 4) is 23.3 Å². The second-order valence-electron chi connectivity index (χ2n) is 9.13. The van der Waals surface area contributed by atoms with Crippen LogP contribution in [0.1, 0.15) is 12.8 Å². The van der Waals surface area contributed by atoms with Gasteiger partial charge in [-0.05, 0) is 55.3 Å². The molecule has 1 aliphatic carbocycles. The lowest BCUT2D eigenvalue weighted by atomic mass is 10.0. The highest BCUT2D eigenvalue weighted by molar-refractivity contribution is 6.32. The van der Waals surface area contributed by atoms with Crippen molar-refractivity contribution in [3.05, 3.63) is 65.7 Å². The number of carbonyl (C=O) groups excluding carboxylic acids is 2. The first-order valence-electron chi connectivity index (χ1n) is 12.5. The number of ether oxygens (including phenoxy) is 4. The fourth-order valence-corrected chi connectivity index (χ4v) is 4.19. The van der Waals surface area contributed by atoms with Crippen LogP contribution >= 0.6 is 11.6 Å². The van der Waals surface area contributed by atoms with E-state index < -0.39 is 23.0 Å². The van der Waals surface area contributed by atoms with Crippen molar-refractivity contribution in [1.82, 2.24) is 15.0 Å². The molecule has 0 radical (unpaired) electrons. The molecule has 2 N–H and O–H groups in total. The first-order chi connectivity index (χ1) is 19.8. The first kappa shape index (κ1) is 28.0. The molecule has 1 aliphatic rings. The molecule has 0 bridgehead atoms. The fraction of sp³-hybridized carbons (Fsp3) is 0.250. The largest absolute Gasteiger partial charge is 0.485 e. The van der Waals surface area contributed by atoms with Gasteiger partial charge in [-0.2, -0.15) is 4.98 Å². The number of nitrogens with one attached hydrogen (secondary N) is 2. The van der Waals surface area contributed by atoms with Gasteiger partial charge in [0.1, 0.15) is 35.4 Å². The molecule has 0 saturated heterocycles. The molecule has 2 amide bonds. The third-order valence-electron chi connectivity index (χ3n) is 6.37. The van der Waals surface area contributed by atoms with Gasteiger partial charge in [0, 0.05) is 24.6 Å². The van der Waals surface area contributed by atoms with Crippen LogP contribution in [0.2, 0.25) is 5.02 Å². The molecular weight excluding hydrogens is 557 g/mol. The molecule has 2 aromatic carbocycles. The SMILES string of the molecule is COCCOc1cc2ncnc(Oc3ccc(NC(=O)C4(C(=O)Nc5ccc(F)cc5)CC4)cc3Cl)c2nc1OC. The van der Waals surface area contributed by atoms with Crippen molar-refractivity contribution in [2.24, 2.45) is 5.41 Å². The summed E-state index contributed by atoms with van der Waals surface area (Å²) in [6.45, 7) is 0.686. The van der Waals surface area contributed by atoms with Crippen LogP contribution in [-0.4, -0.2) is 54.2 Å². The fourth-order valence-electron chi connectivity index (χ4n) is 3.97.